The highest BCUT2D eigenvalue weighted by Crippen LogP contribution is 2.16. The van der Waals surface area contributed by atoms with Crippen LogP contribution in [0.5, 0.6) is 0 Å². The zero-order valence-corrected chi connectivity index (χ0v) is 5.52. The molecule has 1 rings (SSSR count). The van der Waals surface area contributed by atoms with Gasteiger partial charge in [-0.25, -0.2) is 0 Å². The van der Waals surface area contributed by atoms with Gasteiger partial charge < -0.3 is 14.8 Å². The van der Waals surface area contributed by atoms with Gasteiger partial charge in [-0.15, -0.1) is 0 Å². The van der Waals surface area contributed by atoms with E-state index in [1.54, 1.807) is 0 Å². The molecule has 52 valence electrons. The van der Waals surface area contributed by atoms with Crippen molar-refractivity contribution in [3.05, 3.63) is 12.5 Å². The highest BCUT2D eigenvalue weighted by Gasteiger charge is 2.22. The van der Waals surface area contributed by atoms with Crippen LogP contribution in [0, 0.1) is 0 Å². The zero-order chi connectivity index (χ0) is 6.69. The summed E-state index contributed by atoms with van der Waals surface area (Å²) in [5, 5.41) is 3.08. The Balaban J connectivity index is 1.97. The molecule has 0 bridgehead atoms. The van der Waals surface area contributed by atoms with E-state index < -0.39 is 0 Å². The minimum absolute atomic E-state index is 0.0996. The molecule has 0 aliphatic carbocycles. The lowest BCUT2D eigenvalue weighted by atomic mass is 10.5. The Morgan fingerprint density at radius 2 is 2.33 bits per heavy atom. The molecule has 1 saturated heterocycles. The Bertz CT molecular complexity index is 106. The van der Waals surface area contributed by atoms with Crippen molar-refractivity contribution in [2.24, 2.45) is 0 Å². The molecule has 1 fully saturated rings. The summed E-state index contributed by atoms with van der Waals surface area (Å²) in [6.07, 6.45) is -0.0996. The molecule has 0 spiro atoms. The molecule has 0 aromatic carbocycles. The number of hydrogen-bond donors (Lipinski definition) is 1. The first-order valence-electron chi connectivity index (χ1n) is 3.06. The molecular weight excluding hydrogens is 118 g/mol. The van der Waals surface area contributed by atoms with Gasteiger partial charge in [0.15, 0.2) is 0 Å². The first kappa shape index (κ1) is 6.42. The van der Waals surface area contributed by atoms with Crippen LogP contribution < -0.4 is 5.32 Å². The summed E-state index contributed by atoms with van der Waals surface area (Å²) in [7, 11) is 0. The van der Waals surface area contributed by atoms with Gasteiger partial charge in [-0.3, -0.25) is 0 Å². The molecule has 3 nitrogen and oxygen atoms in total. The molecule has 0 amide bonds. The molecule has 1 heterocycles. The van der Waals surface area contributed by atoms with Gasteiger partial charge in [0.25, 0.3) is 12.2 Å². The molecule has 1 N–H and O–H groups in total. The van der Waals surface area contributed by atoms with Gasteiger partial charge in [0.2, 0.25) is 0 Å². The van der Waals surface area contributed by atoms with E-state index in [0.29, 0.717) is 5.95 Å². The van der Waals surface area contributed by atoms with Crippen molar-refractivity contribution >= 4 is 0 Å². The quantitative estimate of drug-likeness (QED) is 0.599. The van der Waals surface area contributed by atoms with E-state index in [9.17, 15) is 0 Å². The van der Waals surface area contributed by atoms with Crippen LogP contribution in [0.1, 0.15) is 6.92 Å². The lowest BCUT2D eigenvalue weighted by Crippen LogP contribution is -2.37. The second-order valence-corrected chi connectivity index (χ2v) is 1.84. The maximum Gasteiger partial charge on any atom is 0.277 e. The zero-order valence-electron chi connectivity index (χ0n) is 5.52. The Kier molecular flexibility index (Phi) is 1.95. The second-order valence-electron chi connectivity index (χ2n) is 1.84. The fourth-order valence-electron chi connectivity index (χ4n) is 0.648. The van der Waals surface area contributed by atoms with E-state index in [-0.39, 0.29) is 6.29 Å². The summed E-state index contributed by atoms with van der Waals surface area (Å²) in [5.74, 6) is 0.429. The Hall–Kier alpha value is -0.700. The molecule has 0 aromatic rings. The van der Waals surface area contributed by atoms with Gasteiger partial charge in [0, 0.05) is 0 Å². The first-order valence-corrected chi connectivity index (χ1v) is 3.06. The van der Waals surface area contributed by atoms with Crippen LogP contribution in [-0.2, 0) is 9.47 Å². The lowest BCUT2D eigenvalue weighted by molar-refractivity contribution is -0.242. The summed E-state index contributed by atoms with van der Waals surface area (Å²) in [4.78, 5) is 0. The smallest absolute Gasteiger partial charge is 0.277 e. The molecule has 0 aromatic heterocycles. The van der Waals surface area contributed by atoms with Crippen LogP contribution >= 0.6 is 0 Å². The van der Waals surface area contributed by atoms with E-state index >= 15 is 0 Å². The molecule has 0 unspecified atom stereocenters. The summed E-state index contributed by atoms with van der Waals surface area (Å²) >= 11 is 0. The van der Waals surface area contributed by atoms with Gasteiger partial charge >= 0.3 is 0 Å². The third-order valence-electron chi connectivity index (χ3n) is 1.09. The third kappa shape index (κ3) is 1.61. The normalized spacial score (nSPS) is 18.1. The summed E-state index contributed by atoms with van der Waals surface area (Å²) in [5.41, 5.74) is 0. The minimum Gasteiger partial charge on any atom is -0.424 e. The fourth-order valence-corrected chi connectivity index (χ4v) is 0.648. The predicted molar refractivity (Wildman–Crippen MR) is 33.6 cm³/mol. The van der Waals surface area contributed by atoms with Crippen LogP contribution in [0.15, 0.2) is 12.5 Å². The van der Waals surface area contributed by atoms with E-state index in [0.717, 1.165) is 13.1 Å². The van der Waals surface area contributed by atoms with Crippen molar-refractivity contribution in [3.63, 3.8) is 0 Å². The fraction of sp³-hybridized carbons (Fsp3) is 0.667. The van der Waals surface area contributed by atoms with Gasteiger partial charge in [-0.1, -0.05) is 6.92 Å². The number of likely N-dealkylation sites (N-methyl/N-ethyl adjacent to an activating group) is 1. The van der Waals surface area contributed by atoms with Gasteiger partial charge in [0.05, 0.1) is 6.54 Å². The third-order valence-corrected chi connectivity index (χ3v) is 1.09. The second kappa shape index (κ2) is 2.73. The lowest BCUT2D eigenvalue weighted by Gasteiger charge is -2.29. The molecule has 0 atom stereocenters. The average molecular weight is 129 g/mol. The SMILES string of the molecule is C=C1OC(CNCC)O1. The molecular formula is C6H11NO2. The largest absolute Gasteiger partial charge is 0.424 e. The van der Waals surface area contributed by atoms with E-state index in [1.807, 2.05) is 6.92 Å². The topological polar surface area (TPSA) is 30.5 Å². The molecule has 9 heavy (non-hydrogen) atoms. The Labute approximate surface area is 54.6 Å². The predicted octanol–water partition coefficient (Wildman–Crippen LogP) is 0.440. The van der Waals surface area contributed by atoms with Crippen LogP contribution in [0.25, 0.3) is 0 Å². The maximum atomic E-state index is 4.96. The molecule has 3 heteroatoms. The van der Waals surface area contributed by atoms with Gasteiger partial charge in [-0.2, -0.15) is 0 Å². The van der Waals surface area contributed by atoms with Crippen LogP contribution in [0.3, 0.4) is 0 Å². The van der Waals surface area contributed by atoms with Crippen LogP contribution in [-0.4, -0.2) is 19.4 Å². The molecule has 1 aliphatic heterocycles. The van der Waals surface area contributed by atoms with E-state index in [4.69, 9.17) is 9.47 Å². The molecule has 0 radical (unpaired) electrons. The number of hydrogen-bond acceptors (Lipinski definition) is 3. The van der Waals surface area contributed by atoms with Crippen molar-refractivity contribution < 1.29 is 9.47 Å². The Morgan fingerprint density at radius 1 is 1.67 bits per heavy atom. The minimum atomic E-state index is -0.0996. The highest BCUT2D eigenvalue weighted by atomic mass is 16.9. The standard InChI is InChI=1S/C6H11NO2/c1-3-7-4-6-8-5(2)9-6/h6-7H,2-4H2,1H3. The van der Waals surface area contributed by atoms with Crippen molar-refractivity contribution in [1.29, 1.82) is 0 Å². The van der Waals surface area contributed by atoms with Gasteiger partial charge in [-0.05, 0) is 13.1 Å². The van der Waals surface area contributed by atoms with Gasteiger partial charge in [0.1, 0.15) is 0 Å². The average Bonchev–Trinajstić information content (AvgIpc) is 1.78. The number of rotatable bonds is 3. The van der Waals surface area contributed by atoms with Crippen LogP contribution in [0.4, 0.5) is 0 Å². The molecule has 1 aliphatic rings. The van der Waals surface area contributed by atoms with Crippen molar-refractivity contribution in [3.8, 4) is 0 Å². The Morgan fingerprint density at radius 3 is 2.78 bits per heavy atom. The van der Waals surface area contributed by atoms with Crippen molar-refractivity contribution in [2.45, 2.75) is 13.2 Å². The molecule has 0 saturated carbocycles. The first-order chi connectivity index (χ1) is 4.33. The van der Waals surface area contributed by atoms with E-state index in [2.05, 4.69) is 11.9 Å². The number of nitrogens with one attached hydrogen (secondary N) is 1. The van der Waals surface area contributed by atoms with E-state index in [1.165, 1.54) is 0 Å². The number of ether oxygens (including phenoxy) is 2. The summed E-state index contributed by atoms with van der Waals surface area (Å²) in [6, 6.07) is 0. The maximum absolute atomic E-state index is 4.96. The van der Waals surface area contributed by atoms with Crippen molar-refractivity contribution in [2.75, 3.05) is 13.1 Å². The highest BCUT2D eigenvalue weighted by molar-refractivity contribution is 4.79. The summed E-state index contributed by atoms with van der Waals surface area (Å²) in [6.45, 7) is 7.17. The van der Waals surface area contributed by atoms with Crippen molar-refractivity contribution in [1.82, 2.24) is 5.32 Å². The summed E-state index contributed by atoms with van der Waals surface area (Å²) < 4.78 is 9.92. The van der Waals surface area contributed by atoms with Crippen LogP contribution in [0.2, 0.25) is 0 Å². The monoisotopic (exact) mass is 129 g/mol.